The van der Waals surface area contributed by atoms with E-state index in [1.54, 1.807) is 17.2 Å². The van der Waals surface area contributed by atoms with E-state index in [1.165, 1.54) is 12.0 Å². The third-order valence-electron chi connectivity index (χ3n) is 5.25. The van der Waals surface area contributed by atoms with Crippen molar-refractivity contribution in [1.82, 2.24) is 19.7 Å². The van der Waals surface area contributed by atoms with Crippen LogP contribution < -0.4 is 5.32 Å². The maximum absolute atomic E-state index is 12.9. The Labute approximate surface area is 186 Å². The van der Waals surface area contributed by atoms with Gasteiger partial charge in [0.25, 0.3) is 11.8 Å². The predicted octanol–water partition coefficient (Wildman–Crippen LogP) is 1.78. The van der Waals surface area contributed by atoms with Crippen LogP contribution in [0.5, 0.6) is 0 Å². The number of likely N-dealkylation sites (N-methyl/N-ethyl adjacent to an activating group) is 1. The van der Waals surface area contributed by atoms with E-state index in [9.17, 15) is 14.4 Å². The maximum atomic E-state index is 12.9. The molecule has 8 nitrogen and oxygen atoms in total. The summed E-state index contributed by atoms with van der Waals surface area (Å²) in [5, 5.41) is 3.48. The number of carbonyl (C=O) groups excluding carboxylic acids is 3. The number of carbonyl (C=O) groups is 3. The lowest BCUT2D eigenvalue weighted by Crippen LogP contribution is -2.54. The average molecular weight is 443 g/mol. The summed E-state index contributed by atoms with van der Waals surface area (Å²) in [5.74, 6) is -1.01. The van der Waals surface area contributed by atoms with Gasteiger partial charge in [-0.2, -0.15) is 0 Å². The summed E-state index contributed by atoms with van der Waals surface area (Å²) in [6, 6.07) is 7.58. The number of ether oxygens (including phenoxy) is 1. The predicted molar refractivity (Wildman–Crippen MR) is 122 cm³/mol. The van der Waals surface area contributed by atoms with E-state index in [1.807, 2.05) is 42.7 Å². The van der Waals surface area contributed by atoms with Crippen molar-refractivity contribution in [1.29, 1.82) is 0 Å². The summed E-state index contributed by atoms with van der Waals surface area (Å²) >= 11 is 5.13. The van der Waals surface area contributed by atoms with Crippen LogP contribution in [0.4, 0.5) is 0 Å². The molecule has 2 aromatic rings. The van der Waals surface area contributed by atoms with E-state index in [2.05, 4.69) is 5.32 Å². The summed E-state index contributed by atoms with van der Waals surface area (Å²) in [5.41, 5.74) is 1.52. The second-order valence-electron chi connectivity index (χ2n) is 7.06. The number of hydrogen-bond donors (Lipinski definition) is 1. The molecule has 3 rings (SSSR count). The highest BCUT2D eigenvalue weighted by molar-refractivity contribution is 7.80. The molecule has 1 saturated heterocycles. The van der Waals surface area contributed by atoms with Crippen molar-refractivity contribution >= 4 is 52.0 Å². The van der Waals surface area contributed by atoms with Crippen LogP contribution in [0.25, 0.3) is 17.0 Å². The number of para-hydroxylation sites is 1. The molecule has 1 N–H and O–H groups in total. The van der Waals surface area contributed by atoms with Crippen molar-refractivity contribution in [2.45, 2.75) is 20.4 Å². The zero-order chi connectivity index (χ0) is 22.5. The fraction of sp³-hybridized carbons (Fsp3) is 0.364. The Kier molecular flexibility index (Phi) is 7.19. The standard InChI is InChI=1S/C22H26N4O4S/c1-4-24(5-2)19(27)14-25-13-15(16-8-6-7-9-18(16)25)12-17-20(28)23-22(31)26(21(17)29)10-11-30-3/h6-9,12-13H,4-5,10-11,14H2,1-3H3,(H,23,28,31)/b17-12+. The van der Waals surface area contributed by atoms with Crippen molar-refractivity contribution in [3.05, 3.63) is 41.6 Å². The minimum absolute atomic E-state index is 0.00697. The number of hydrogen-bond acceptors (Lipinski definition) is 5. The largest absolute Gasteiger partial charge is 0.383 e. The van der Waals surface area contributed by atoms with Crippen LogP contribution in [0.2, 0.25) is 0 Å². The second kappa shape index (κ2) is 9.84. The van der Waals surface area contributed by atoms with Crippen molar-refractivity contribution in [3.8, 4) is 0 Å². The first-order valence-electron chi connectivity index (χ1n) is 10.1. The summed E-state index contributed by atoms with van der Waals surface area (Å²) in [4.78, 5) is 41.2. The fourth-order valence-corrected chi connectivity index (χ4v) is 3.85. The first-order chi connectivity index (χ1) is 14.9. The average Bonchev–Trinajstić information content (AvgIpc) is 3.09. The maximum Gasteiger partial charge on any atom is 0.265 e. The topological polar surface area (TPSA) is 83.9 Å². The van der Waals surface area contributed by atoms with E-state index in [4.69, 9.17) is 17.0 Å². The number of thiocarbonyl (C=S) groups is 1. The number of nitrogens with one attached hydrogen (secondary N) is 1. The van der Waals surface area contributed by atoms with Crippen LogP contribution in [0.1, 0.15) is 19.4 Å². The Bertz CT molecular complexity index is 1050. The van der Waals surface area contributed by atoms with Gasteiger partial charge in [-0.3, -0.25) is 24.6 Å². The summed E-state index contributed by atoms with van der Waals surface area (Å²) in [7, 11) is 1.53. The van der Waals surface area contributed by atoms with Gasteiger partial charge in [0.2, 0.25) is 5.91 Å². The first kappa shape index (κ1) is 22.6. The highest BCUT2D eigenvalue weighted by Crippen LogP contribution is 2.25. The van der Waals surface area contributed by atoms with E-state index >= 15 is 0 Å². The van der Waals surface area contributed by atoms with Crippen LogP contribution in [0, 0.1) is 0 Å². The molecule has 0 spiro atoms. The monoisotopic (exact) mass is 442 g/mol. The number of fused-ring (bicyclic) bond motifs is 1. The molecule has 9 heteroatoms. The molecule has 0 atom stereocenters. The van der Waals surface area contributed by atoms with Gasteiger partial charge in [-0.1, -0.05) is 18.2 Å². The number of benzene rings is 1. The Morgan fingerprint density at radius 2 is 1.94 bits per heavy atom. The van der Waals surface area contributed by atoms with Crippen LogP contribution >= 0.6 is 12.2 Å². The number of amides is 3. The zero-order valence-corrected chi connectivity index (χ0v) is 18.7. The molecule has 164 valence electrons. The molecule has 0 unspecified atom stereocenters. The summed E-state index contributed by atoms with van der Waals surface area (Å²) in [6.07, 6.45) is 3.35. The molecule has 1 aromatic carbocycles. The van der Waals surface area contributed by atoms with Gasteiger partial charge in [-0.05, 0) is 38.2 Å². The fourth-order valence-electron chi connectivity index (χ4n) is 3.58. The lowest BCUT2D eigenvalue weighted by Gasteiger charge is -2.28. The van der Waals surface area contributed by atoms with Gasteiger partial charge in [0, 0.05) is 42.9 Å². The first-order valence-corrected chi connectivity index (χ1v) is 10.6. The van der Waals surface area contributed by atoms with Crippen molar-refractivity contribution in [2.24, 2.45) is 0 Å². The summed E-state index contributed by atoms with van der Waals surface area (Å²) in [6.45, 7) is 5.87. The normalized spacial score (nSPS) is 15.6. The number of nitrogens with zero attached hydrogens (tertiary/aromatic N) is 3. The molecule has 1 fully saturated rings. The highest BCUT2D eigenvalue weighted by Gasteiger charge is 2.33. The Morgan fingerprint density at radius 1 is 1.23 bits per heavy atom. The molecular weight excluding hydrogens is 416 g/mol. The number of rotatable bonds is 8. The molecule has 31 heavy (non-hydrogen) atoms. The second-order valence-corrected chi connectivity index (χ2v) is 7.45. The highest BCUT2D eigenvalue weighted by atomic mass is 32.1. The lowest BCUT2D eigenvalue weighted by molar-refractivity contribution is -0.131. The number of methoxy groups -OCH3 is 1. The van der Waals surface area contributed by atoms with Crippen LogP contribution in [0.15, 0.2) is 36.0 Å². The molecule has 0 aliphatic carbocycles. The van der Waals surface area contributed by atoms with Gasteiger partial charge < -0.3 is 14.2 Å². The molecule has 1 aliphatic heterocycles. The molecular formula is C22H26N4O4S. The van der Waals surface area contributed by atoms with Gasteiger partial charge in [-0.15, -0.1) is 0 Å². The minimum atomic E-state index is -0.542. The van der Waals surface area contributed by atoms with Gasteiger partial charge >= 0.3 is 0 Å². The smallest absolute Gasteiger partial charge is 0.265 e. The molecule has 0 radical (unpaired) electrons. The van der Waals surface area contributed by atoms with Gasteiger partial charge in [0.1, 0.15) is 12.1 Å². The van der Waals surface area contributed by atoms with Crippen molar-refractivity contribution in [3.63, 3.8) is 0 Å². The van der Waals surface area contributed by atoms with Crippen LogP contribution in [-0.2, 0) is 25.7 Å². The SMILES string of the molecule is CCN(CC)C(=O)Cn1cc(/C=C2\C(=O)NC(=S)N(CCOC)C2=O)c2ccccc21. The minimum Gasteiger partial charge on any atom is -0.383 e. The van der Waals surface area contributed by atoms with Gasteiger partial charge in [0.15, 0.2) is 5.11 Å². The summed E-state index contributed by atoms with van der Waals surface area (Å²) < 4.78 is 6.88. The Hall–Kier alpha value is -3.04. The van der Waals surface area contributed by atoms with Gasteiger partial charge in [-0.25, -0.2) is 0 Å². The van der Waals surface area contributed by atoms with E-state index in [0.717, 1.165) is 10.9 Å². The zero-order valence-electron chi connectivity index (χ0n) is 17.9. The molecule has 3 amide bonds. The molecule has 1 aromatic heterocycles. The van der Waals surface area contributed by atoms with Crippen LogP contribution in [0.3, 0.4) is 0 Å². The Balaban J connectivity index is 2.00. The van der Waals surface area contributed by atoms with Crippen molar-refractivity contribution in [2.75, 3.05) is 33.4 Å². The van der Waals surface area contributed by atoms with Gasteiger partial charge in [0.05, 0.1) is 13.2 Å². The third kappa shape index (κ3) is 4.67. The molecule has 0 saturated carbocycles. The van der Waals surface area contributed by atoms with Crippen molar-refractivity contribution < 1.29 is 19.1 Å². The molecule has 0 bridgehead atoms. The van der Waals surface area contributed by atoms with E-state index in [-0.39, 0.29) is 29.7 Å². The van der Waals surface area contributed by atoms with Crippen LogP contribution in [-0.4, -0.2) is 70.6 Å². The quantitative estimate of drug-likeness (QED) is 0.383. The third-order valence-corrected chi connectivity index (χ3v) is 5.57. The molecule has 2 heterocycles. The number of aromatic nitrogens is 1. The molecule has 1 aliphatic rings. The van der Waals surface area contributed by atoms with E-state index in [0.29, 0.717) is 25.3 Å². The Morgan fingerprint density at radius 3 is 2.61 bits per heavy atom. The lowest BCUT2D eigenvalue weighted by atomic mass is 10.1. The van der Waals surface area contributed by atoms with E-state index < -0.39 is 11.8 Å².